The molecule has 1 spiro atoms. The zero-order valence-electron chi connectivity index (χ0n) is 9.51. The van der Waals surface area contributed by atoms with Crippen LogP contribution in [0.3, 0.4) is 0 Å². The Kier molecular flexibility index (Phi) is 3.13. The zero-order valence-corrected chi connectivity index (χ0v) is 9.51. The maximum absolute atomic E-state index is 5.42. The van der Waals surface area contributed by atoms with Gasteiger partial charge in [0.25, 0.3) is 0 Å². The Bertz CT molecular complexity index is 177. The second-order valence-electron chi connectivity index (χ2n) is 5.45. The summed E-state index contributed by atoms with van der Waals surface area (Å²) in [5.41, 5.74) is 0.696. The van der Waals surface area contributed by atoms with E-state index in [-0.39, 0.29) is 0 Å². The first-order valence-corrected chi connectivity index (χ1v) is 6.01. The molecule has 2 aliphatic rings. The van der Waals surface area contributed by atoms with Gasteiger partial charge in [-0.05, 0) is 43.6 Å². The van der Waals surface area contributed by atoms with Crippen molar-refractivity contribution in [2.24, 2.45) is 11.3 Å². The maximum atomic E-state index is 5.42. The van der Waals surface area contributed by atoms with Gasteiger partial charge in [-0.3, -0.25) is 0 Å². The normalized spacial score (nSPS) is 26.8. The van der Waals surface area contributed by atoms with Crippen LogP contribution in [0.5, 0.6) is 0 Å². The van der Waals surface area contributed by atoms with Crippen molar-refractivity contribution in [3.63, 3.8) is 0 Å². The van der Waals surface area contributed by atoms with Gasteiger partial charge in [-0.15, -0.1) is 0 Å². The van der Waals surface area contributed by atoms with Crippen molar-refractivity contribution >= 4 is 0 Å². The van der Waals surface area contributed by atoms with Crippen molar-refractivity contribution in [2.75, 3.05) is 19.8 Å². The number of hydrogen-bond acceptors (Lipinski definition) is 2. The molecule has 2 fully saturated rings. The standard InChI is InChI=1S/C12H23NO/c1-10(2)13-9-11-7-12(8-11)3-5-14-6-4-12/h10-11,13H,3-9H2,1-2H3. The molecule has 0 radical (unpaired) electrons. The van der Waals surface area contributed by atoms with Crippen molar-refractivity contribution in [2.45, 2.75) is 45.6 Å². The molecule has 2 heteroatoms. The minimum Gasteiger partial charge on any atom is -0.381 e. The van der Waals surface area contributed by atoms with E-state index in [9.17, 15) is 0 Å². The van der Waals surface area contributed by atoms with Gasteiger partial charge in [0, 0.05) is 19.3 Å². The average Bonchev–Trinajstić information content (AvgIpc) is 2.12. The molecule has 1 heterocycles. The van der Waals surface area contributed by atoms with E-state index >= 15 is 0 Å². The summed E-state index contributed by atoms with van der Waals surface area (Å²) in [6, 6.07) is 0.640. The lowest BCUT2D eigenvalue weighted by Gasteiger charge is -2.50. The van der Waals surface area contributed by atoms with Gasteiger partial charge in [0.15, 0.2) is 0 Å². The summed E-state index contributed by atoms with van der Waals surface area (Å²) < 4.78 is 5.42. The van der Waals surface area contributed by atoms with E-state index in [4.69, 9.17) is 4.74 Å². The molecule has 0 unspecified atom stereocenters. The predicted octanol–water partition coefficient (Wildman–Crippen LogP) is 2.19. The van der Waals surface area contributed by atoms with Gasteiger partial charge < -0.3 is 10.1 Å². The SMILES string of the molecule is CC(C)NCC1CC2(CCOCC2)C1. The number of rotatable bonds is 3. The van der Waals surface area contributed by atoms with Crippen LogP contribution in [0.4, 0.5) is 0 Å². The third kappa shape index (κ3) is 2.29. The van der Waals surface area contributed by atoms with Gasteiger partial charge in [-0.2, -0.15) is 0 Å². The van der Waals surface area contributed by atoms with Gasteiger partial charge in [-0.25, -0.2) is 0 Å². The molecule has 1 N–H and O–H groups in total. The van der Waals surface area contributed by atoms with E-state index in [1.54, 1.807) is 0 Å². The van der Waals surface area contributed by atoms with Crippen LogP contribution in [0.15, 0.2) is 0 Å². The van der Waals surface area contributed by atoms with Crippen LogP contribution in [0, 0.1) is 11.3 Å². The fourth-order valence-corrected chi connectivity index (χ4v) is 2.92. The molecule has 0 atom stereocenters. The molecular formula is C12H23NO. The minimum absolute atomic E-state index is 0.640. The zero-order chi connectivity index (χ0) is 10.0. The molecule has 0 aromatic heterocycles. The summed E-state index contributed by atoms with van der Waals surface area (Å²) in [6.45, 7) is 7.68. The summed E-state index contributed by atoms with van der Waals surface area (Å²) in [6.07, 6.45) is 5.50. The largest absolute Gasteiger partial charge is 0.381 e. The lowest BCUT2D eigenvalue weighted by molar-refractivity contribution is -0.0584. The van der Waals surface area contributed by atoms with E-state index in [0.29, 0.717) is 11.5 Å². The van der Waals surface area contributed by atoms with Gasteiger partial charge in [0.2, 0.25) is 0 Å². The molecule has 82 valence electrons. The van der Waals surface area contributed by atoms with Crippen LogP contribution in [-0.4, -0.2) is 25.8 Å². The summed E-state index contributed by atoms with van der Waals surface area (Å²) >= 11 is 0. The molecular weight excluding hydrogens is 174 g/mol. The van der Waals surface area contributed by atoms with Crippen LogP contribution < -0.4 is 5.32 Å². The van der Waals surface area contributed by atoms with Crippen LogP contribution >= 0.6 is 0 Å². The van der Waals surface area contributed by atoms with Crippen molar-refractivity contribution in [1.29, 1.82) is 0 Å². The highest BCUT2D eigenvalue weighted by Gasteiger charge is 2.44. The number of ether oxygens (including phenoxy) is 1. The summed E-state index contributed by atoms with van der Waals surface area (Å²) in [4.78, 5) is 0. The van der Waals surface area contributed by atoms with E-state index in [0.717, 1.165) is 19.1 Å². The quantitative estimate of drug-likeness (QED) is 0.749. The fourth-order valence-electron chi connectivity index (χ4n) is 2.92. The smallest absolute Gasteiger partial charge is 0.0471 e. The molecule has 0 aromatic carbocycles. The van der Waals surface area contributed by atoms with E-state index in [2.05, 4.69) is 19.2 Å². The Morgan fingerprint density at radius 2 is 1.93 bits per heavy atom. The van der Waals surface area contributed by atoms with Crippen molar-refractivity contribution in [1.82, 2.24) is 5.32 Å². The molecule has 2 rings (SSSR count). The average molecular weight is 197 g/mol. The Morgan fingerprint density at radius 1 is 1.29 bits per heavy atom. The van der Waals surface area contributed by atoms with E-state index < -0.39 is 0 Å². The Balaban J connectivity index is 1.67. The van der Waals surface area contributed by atoms with E-state index in [1.165, 1.54) is 32.2 Å². The summed E-state index contributed by atoms with van der Waals surface area (Å²) in [5, 5.41) is 3.54. The Morgan fingerprint density at radius 3 is 2.50 bits per heavy atom. The van der Waals surface area contributed by atoms with Gasteiger partial charge in [-0.1, -0.05) is 13.8 Å². The highest BCUT2D eigenvalue weighted by Crippen LogP contribution is 2.51. The van der Waals surface area contributed by atoms with E-state index in [1.807, 2.05) is 0 Å². The van der Waals surface area contributed by atoms with Gasteiger partial charge in [0.05, 0.1) is 0 Å². The molecule has 1 saturated heterocycles. The third-order valence-electron chi connectivity index (χ3n) is 3.81. The van der Waals surface area contributed by atoms with Crippen molar-refractivity contribution in [3.05, 3.63) is 0 Å². The second-order valence-corrected chi connectivity index (χ2v) is 5.45. The second kappa shape index (κ2) is 4.19. The first-order chi connectivity index (χ1) is 6.70. The molecule has 0 bridgehead atoms. The predicted molar refractivity (Wildman–Crippen MR) is 58.3 cm³/mol. The first-order valence-electron chi connectivity index (χ1n) is 6.01. The van der Waals surface area contributed by atoms with Crippen molar-refractivity contribution in [3.8, 4) is 0 Å². The molecule has 14 heavy (non-hydrogen) atoms. The van der Waals surface area contributed by atoms with Crippen LogP contribution in [-0.2, 0) is 4.74 Å². The Hall–Kier alpha value is -0.0800. The van der Waals surface area contributed by atoms with Crippen LogP contribution in [0.2, 0.25) is 0 Å². The molecule has 0 amide bonds. The monoisotopic (exact) mass is 197 g/mol. The van der Waals surface area contributed by atoms with Crippen LogP contribution in [0.1, 0.15) is 39.5 Å². The van der Waals surface area contributed by atoms with Crippen LogP contribution in [0.25, 0.3) is 0 Å². The highest BCUT2D eigenvalue weighted by atomic mass is 16.5. The molecule has 1 saturated carbocycles. The lowest BCUT2D eigenvalue weighted by atomic mass is 9.58. The maximum Gasteiger partial charge on any atom is 0.0471 e. The number of hydrogen-bond donors (Lipinski definition) is 1. The highest BCUT2D eigenvalue weighted by molar-refractivity contribution is 4.95. The molecule has 1 aliphatic heterocycles. The third-order valence-corrected chi connectivity index (χ3v) is 3.81. The summed E-state index contributed by atoms with van der Waals surface area (Å²) in [5.74, 6) is 0.940. The lowest BCUT2D eigenvalue weighted by Crippen LogP contribution is -2.46. The van der Waals surface area contributed by atoms with Gasteiger partial charge >= 0.3 is 0 Å². The molecule has 0 aromatic rings. The topological polar surface area (TPSA) is 21.3 Å². The minimum atomic E-state index is 0.640. The molecule has 2 nitrogen and oxygen atoms in total. The number of nitrogens with one attached hydrogen (secondary N) is 1. The van der Waals surface area contributed by atoms with Gasteiger partial charge in [0.1, 0.15) is 0 Å². The molecule has 1 aliphatic carbocycles. The summed E-state index contributed by atoms with van der Waals surface area (Å²) in [7, 11) is 0. The Labute approximate surface area is 87.4 Å². The van der Waals surface area contributed by atoms with Crippen molar-refractivity contribution < 1.29 is 4.74 Å². The fraction of sp³-hybridized carbons (Fsp3) is 1.00. The first kappa shape index (κ1) is 10.4.